The SMILES string of the molecule is O=C1NC(=O)C(=S)C(=O)N1. The Kier molecular flexibility index (Phi) is 1.46. The molecule has 10 heavy (non-hydrogen) atoms. The van der Waals surface area contributed by atoms with Crippen LogP contribution in [0.2, 0.25) is 0 Å². The number of thiocarbonyl (C=S) groups is 1. The van der Waals surface area contributed by atoms with Crippen molar-refractivity contribution in [2.45, 2.75) is 0 Å². The fraction of sp³-hybridized carbons (Fsp3) is 0. The van der Waals surface area contributed by atoms with Crippen LogP contribution in [-0.2, 0) is 9.59 Å². The van der Waals surface area contributed by atoms with Gasteiger partial charge in [-0.15, -0.1) is 0 Å². The maximum Gasteiger partial charge on any atom is 0.328 e. The lowest BCUT2D eigenvalue weighted by Crippen LogP contribution is -2.55. The van der Waals surface area contributed by atoms with Crippen LogP contribution in [0.4, 0.5) is 4.79 Å². The van der Waals surface area contributed by atoms with Crippen molar-refractivity contribution in [1.29, 1.82) is 0 Å². The van der Waals surface area contributed by atoms with Crippen molar-refractivity contribution in [2.75, 3.05) is 0 Å². The highest BCUT2D eigenvalue weighted by Crippen LogP contribution is 1.85. The van der Waals surface area contributed by atoms with Gasteiger partial charge in [0.05, 0.1) is 0 Å². The van der Waals surface area contributed by atoms with Gasteiger partial charge in [-0.05, 0) is 0 Å². The Bertz CT molecular complexity index is 225. The Morgan fingerprint density at radius 1 is 1.00 bits per heavy atom. The second kappa shape index (κ2) is 2.14. The fourth-order valence-corrected chi connectivity index (χ4v) is 0.556. The number of nitrogens with one attached hydrogen (secondary N) is 2. The van der Waals surface area contributed by atoms with E-state index in [4.69, 9.17) is 0 Å². The molecular weight excluding hydrogens is 156 g/mol. The minimum Gasteiger partial charge on any atom is -0.273 e. The summed E-state index contributed by atoms with van der Waals surface area (Å²) in [7, 11) is 0. The van der Waals surface area contributed by atoms with E-state index in [9.17, 15) is 14.4 Å². The zero-order valence-electron chi connectivity index (χ0n) is 4.63. The topological polar surface area (TPSA) is 75.3 Å². The molecule has 0 saturated carbocycles. The van der Waals surface area contributed by atoms with Gasteiger partial charge in [0.2, 0.25) is 0 Å². The maximum absolute atomic E-state index is 10.5. The Labute approximate surface area is 60.8 Å². The summed E-state index contributed by atoms with van der Waals surface area (Å²) >= 11 is 4.33. The van der Waals surface area contributed by atoms with Crippen molar-refractivity contribution in [3.05, 3.63) is 0 Å². The highest BCUT2D eigenvalue weighted by Gasteiger charge is 2.27. The van der Waals surface area contributed by atoms with Crippen LogP contribution in [-0.4, -0.2) is 22.7 Å². The van der Waals surface area contributed by atoms with Crippen molar-refractivity contribution < 1.29 is 14.4 Å². The lowest BCUT2D eigenvalue weighted by Gasteiger charge is -2.10. The number of carbonyl (C=O) groups is 3. The van der Waals surface area contributed by atoms with Crippen LogP contribution in [0.1, 0.15) is 0 Å². The number of hydrogen-bond donors (Lipinski definition) is 2. The zero-order chi connectivity index (χ0) is 7.72. The van der Waals surface area contributed by atoms with E-state index in [0.717, 1.165) is 0 Å². The molecule has 52 valence electrons. The van der Waals surface area contributed by atoms with Gasteiger partial charge < -0.3 is 0 Å². The largest absolute Gasteiger partial charge is 0.328 e. The Hall–Kier alpha value is -1.30. The Balaban J connectivity index is 2.86. The van der Waals surface area contributed by atoms with Gasteiger partial charge in [-0.3, -0.25) is 20.2 Å². The van der Waals surface area contributed by atoms with Gasteiger partial charge in [0.15, 0.2) is 4.86 Å². The number of imide groups is 2. The molecule has 2 N–H and O–H groups in total. The van der Waals surface area contributed by atoms with E-state index in [2.05, 4.69) is 12.2 Å². The van der Waals surface area contributed by atoms with E-state index in [1.54, 1.807) is 0 Å². The first-order valence-electron chi connectivity index (χ1n) is 2.32. The minimum atomic E-state index is -0.830. The molecule has 0 aromatic carbocycles. The number of hydrogen-bond acceptors (Lipinski definition) is 4. The molecule has 0 bridgehead atoms. The molecule has 0 radical (unpaired) electrons. The number of carbonyl (C=O) groups excluding carboxylic acids is 3. The van der Waals surface area contributed by atoms with Gasteiger partial charge >= 0.3 is 6.03 Å². The molecule has 1 rings (SSSR count). The lowest BCUT2D eigenvalue weighted by atomic mass is 10.3. The number of rotatable bonds is 0. The second-order valence-electron chi connectivity index (χ2n) is 1.57. The molecular formula is C4H2N2O3S. The standard InChI is InChI=1S/C4H2N2O3S/c7-2-1(10)3(8)6-4(9)5-2/h(H2,5,6,7,8,9). The van der Waals surface area contributed by atoms with Crippen LogP contribution in [0.15, 0.2) is 0 Å². The van der Waals surface area contributed by atoms with Crippen LogP contribution in [0.25, 0.3) is 0 Å². The molecule has 0 unspecified atom stereocenters. The van der Waals surface area contributed by atoms with Crippen molar-refractivity contribution in [3.63, 3.8) is 0 Å². The van der Waals surface area contributed by atoms with Crippen LogP contribution in [0.3, 0.4) is 0 Å². The average molecular weight is 158 g/mol. The fourth-order valence-electron chi connectivity index (χ4n) is 0.454. The molecule has 1 heterocycles. The molecule has 5 nitrogen and oxygen atoms in total. The van der Waals surface area contributed by atoms with E-state index in [-0.39, 0.29) is 0 Å². The van der Waals surface area contributed by atoms with Crippen LogP contribution >= 0.6 is 12.2 Å². The van der Waals surface area contributed by atoms with Crippen molar-refractivity contribution >= 4 is 34.9 Å². The third kappa shape index (κ3) is 1.01. The van der Waals surface area contributed by atoms with Crippen LogP contribution in [0, 0.1) is 0 Å². The smallest absolute Gasteiger partial charge is 0.273 e. The Morgan fingerprint density at radius 2 is 1.40 bits per heavy atom. The van der Waals surface area contributed by atoms with Crippen molar-refractivity contribution in [3.8, 4) is 0 Å². The second-order valence-corrected chi connectivity index (χ2v) is 1.97. The van der Waals surface area contributed by atoms with Crippen LogP contribution in [0.5, 0.6) is 0 Å². The molecule has 0 aromatic rings. The molecule has 1 fully saturated rings. The summed E-state index contributed by atoms with van der Waals surface area (Å²) in [6.45, 7) is 0. The normalized spacial score (nSPS) is 18.4. The monoisotopic (exact) mass is 158 g/mol. The Morgan fingerprint density at radius 3 is 1.80 bits per heavy atom. The number of amides is 4. The van der Waals surface area contributed by atoms with Gasteiger partial charge in [-0.2, -0.15) is 0 Å². The van der Waals surface area contributed by atoms with Gasteiger partial charge in [0, 0.05) is 0 Å². The molecule has 0 aromatic heterocycles. The van der Waals surface area contributed by atoms with E-state index < -0.39 is 22.7 Å². The molecule has 1 saturated heterocycles. The number of urea groups is 1. The molecule has 1 aliphatic heterocycles. The number of barbiturate groups is 1. The van der Waals surface area contributed by atoms with E-state index >= 15 is 0 Å². The maximum atomic E-state index is 10.5. The molecule has 0 atom stereocenters. The molecule has 0 spiro atoms. The minimum absolute atomic E-state index is 0.417. The summed E-state index contributed by atoms with van der Waals surface area (Å²) in [6.07, 6.45) is 0. The summed E-state index contributed by atoms with van der Waals surface area (Å²) in [5.41, 5.74) is 0. The third-order valence-electron chi connectivity index (χ3n) is 0.867. The predicted molar refractivity (Wildman–Crippen MR) is 34.3 cm³/mol. The molecule has 1 aliphatic rings. The highest BCUT2D eigenvalue weighted by atomic mass is 32.1. The summed E-state index contributed by atoms with van der Waals surface area (Å²) in [6, 6.07) is -0.830. The quantitative estimate of drug-likeness (QED) is 0.431. The summed E-state index contributed by atoms with van der Waals surface area (Å²) in [5, 5.41) is 3.62. The third-order valence-corrected chi connectivity index (χ3v) is 1.24. The van der Waals surface area contributed by atoms with E-state index in [1.165, 1.54) is 0 Å². The first-order chi connectivity index (χ1) is 4.61. The summed E-state index contributed by atoms with van der Waals surface area (Å²) in [4.78, 5) is 30.9. The zero-order valence-corrected chi connectivity index (χ0v) is 5.45. The van der Waals surface area contributed by atoms with Gasteiger partial charge in [-0.1, -0.05) is 12.2 Å². The van der Waals surface area contributed by atoms with E-state index in [0.29, 0.717) is 0 Å². The lowest BCUT2D eigenvalue weighted by molar-refractivity contribution is -0.118. The van der Waals surface area contributed by atoms with Gasteiger partial charge in [-0.25, -0.2) is 4.79 Å². The van der Waals surface area contributed by atoms with Crippen molar-refractivity contribution in [2.24, 2.45) is 0 Å². The van der Waals surface area contributed by atoms with Gasteiger partial charge in [0.25, 0.3) is 11.8 Å². The average Bonchev–Trinajstić information content (AvgIpc) is 1.82. The predicted octanol–water partition coefficient (Wildman–Crippen LogP) is -1.28. The molecule has 4 amide bonds. The molecule has 6 heteroatoms. The first-order valence-corrected chi connectivity index (χ1v) is 2.72. The highest BCUT2D eigenvalue weighted by molar-refractivity contribution is 7.84. The summed E-state index contributed by atoms with van der Waals surface area (Å²) in [5.74, 6) is -1.63. The van der Waals surface area contributed by atoms with Crippen LogP contribution < -0.4 is 10.6 Å². The first kappa shape index (κ1) is 6.81. The van der Waals surface area contributed by atoms with Crippen molar-refractivity contribution in [1.82, 2.24) is 10.6 Å². The molecule has 0 aliphatic carbocycles. The van der Waals surface area contributed by atoms with E-state index in [1.807, 2.05) is 10.6 Å². The van der Waals surface area contributed by atoms with Gasteiger partial charge in [0.1, 0.15) is 0 Å². The summed E-state index contributed by atoms with van der Waals surface area (Å²) < 4.78 is 0.